The molecular weight excluding hydrogens is 395 g/mol. The topological polar surface area (TPSA) is 84.2 Å². The summed E-state index contributed by atoms with van der Waals surface area (Å²) in [6, 6.07) is 11.9. The molecule has 0 aliphatic heterocycles. The van der Waals surface area contributed by atoms with E-state index in [1.54, 1.807) is 42.0 Å². The van der Waals surface area contributed by atoms with E-state index in [0.29, 0.717) is 35.2 Å². The number of carbonyl (C=O) groups excluding carboxylic acids is 1. The molecule has 3 heterocycles. The van der Waals surface area contributed by atoms with Crippen LogP contribution in [0.25, 0.3) is 28.2 Å². The first-order valence-electron chi connectivity index (χ1n) is 10.0. The Kier molecular flexibility index (Phi) is 5.62. The number of imidazole rings is 1. The zero-order valence-electron chi connectivity index (χ0n) is 17.6. The van der Waals surface area contributed by atoms with E-state index < -0.39 is 0 Å². The molecular formula is C23H23FN6O. The van der Waals surface area contributed by atoms with Gasteiger partial charge in [-0.25, -0.2) is 23.7 Å². The fourth-order valence-electron chi connectivity index (χ4n) is 3.24. The number of carbonyl (C=O) groups is 1. The SMILES string of the molecule is Cc1cc(-c2nc3cccnn3c2-c2ccnc(NC(=O)NCC(C)C)c2)ccc1F. The summed E-state index contributed by atoms with van der Waals surface area (Å²) in [5.74, 6) is 0.483. The van der Waals surface area contributed by atoms with Crippen LogP contribution in [-0.4, -0.2) is 32.2 Å². The second-order valence-corrected chi connectivity index (χ2v) is 7.73. The number of halogens is 1. The molecule has 31 heavy (non-hydrogen) atoms. The van der Waals surface area contributed by atoms with Crippen LogP contribution in [0.1, 0.15) is 19.4 Å². The molecule has 0 aliphatic carbocycles. The molecule has 0 unspecified atom stereocenters. The minimum atomic E-state index is -0.316. The van der Waals surface area contributed by atoms with E-state index in [0.717, 1.165) is 16.8 Å². The van der Waals surface area contributed by atoms with Crippen molar-refractivity contribution in [1.82, 2.24) is 24.9 Å². The highest BCUT2D eigenvalue weighted by Crippen LogP contribution is 2.33. The summed E-state index contributed by atoms with van der Waals surface area (Å²) < 4.78 is 15.6. The number of nitrogens with one attached hydrogen (secondary N) is 2. The Balaban J connectivity index is 1.77. The van der Waals surface area contributed by atoms with E-state index in [1.807, 2.05) is 32.0 Å². The summed E-state index contributed by atoms with van der Waals surface area (Å²) in [4.78, 5) is 21.1. The van der Waals surface area contributed by atoms with Gasteiger partial charge in [0.2, 0.25) is 0 Å². The number of benzene rings is 1. The maximum absolute atomic E-state index is 13.8. The van der Waals surface area contributed by atoms with Crippen molar-refractivity contribution in [2.75, 3.05) is 11.9 Å². The predicted molar refractivity (Wildman–Crippen MR) is 118 cm³/mol. The first kappa shape index (κ1) is 20.5. The number of nitrogens with zero attached hydrogens (tertiary/aromatic N) is 4. The first-order chi connectivity index (χ1) is 14.9. The van der Waals surface area contributed by atoms with E-state index in [2.05, 4.69) is 20.7 Å². The average Bonchev–Trinajstić information content (AvgIpc) is 3.14. The Morgan fingerprint density at radius 1 is 1.13 bits per heavy atom. The van der Waals surface area contributed by atoms with Crippen LogP contribution in [-0.2, 0) is 0 Å². The normalized spacial score (nSPS) is 11.1. The van der Waals surface area contributed by atoms with E-state index in [-0.39, 0.29) is 11.8 Å². The first-order valence-corrected chi connectivity index (χ1v) is 10.0. The minimum Gasteiger partial charge on any atom is -0.338 e. The van der Waals surface area contributed by atoms with Crippen molar-refractivity contribution in [3.05, 3.63) is 66.2 Å². The van der Waals surface area contributed by atoms with Gasteiger partial charge < -0.3 is 5.32 Å². The molecule has 0 saturated heterocycles. The van der Waals surface area contributed by atoms with Crippen molar-refractivity contribution >= 4 is 17.5 Å². The average molecular weight is 418 g/mol. The van der Waals surface area contributed by atoms with Gasteiger partial charge in [-0.05, 0) is 60.9 Å². The molecule has 0 aliphatic rings. The number of anilines is 1. The third kappa shape index (κ3) is 4.37. The van der Waals surface area contributed by atoms with Crippen molar-refractivity contribution in [3.63, 3.8) is 0 Å². The van der Waals surface area contributed by atoms with Gasteiger partial charge in [0.05, 0.1) is 5.69 Å². The Labute approximate surface area is 179 Å². The predicted octanol–water partition coefficient (Wildman–Crippen LogP) is 4.68. The number of hydrogen-bond acceptors (Lipinski definition) is 4. The van der Waals surface area contributed by atoms with Gasteiger partial charge in [-0.2, -0.15) is 5.10 Å². The second kappa shape index (κ2) is 8.51. The number of pyridine rings is 1. The van der Waals surface area contributed by atoms with Gasteiger partial charge in [-0.15, -0.1) is 0 Å². The maximum atomic E-state index is 13.8. The van der Waals surface area contributed by atoms with E-state index >= 15 is 0 Å². The molecule has 0 fully saturated rings. The molecule has 4 aromatic rings. The van der Waals surface area contributed by atoms with Crippen LogP contribution in [0.15, 0.2) is 54.9 Å². The Hall–Kier alpha value is -3.81. The third-order valence-corrected chi connectivity index (χ3v) is 4.77. The zero-order chi connectivity index (χ0) is 22.0. The van der Waals surface area contributed by atoms with Crippen LogP contribution < -0.4 is 10.6 Å². The van der Waals surface area contributed by atoms with Crippen LogP contribution in [0, 0.1) is 18.7 Å². The molecule has 158 valence electrons. The van der Waals surface area contributed by atoms with Crippen molar-refractivity contribution in [3.8, 4) is 22.5 Å². The second-order valence-electron chi connectivity index (χ2n) is 7.73. The molecule has 2 amide bonds. The van der Waals surface area contributed by atoms with Crippen molar-refractivity contribution < 1.29 is 9.18 Å². The van der Waals surface area contributed by atoms with E-state index in [1.165, 1.54) is 6.07 Å². The van der Waals surface area contributed by atoms with Crippen LogP contribution in [0.3, 0.4) is 0 Å². The highest BCUT2D eigenvalue weighted by molar-refractivity contribution is 5.89. The number of amides is 2. The summed E-state index contributed by atoms with van der Waals surface area (Å²) in [7, 11) is 0. The summed E-state index contributed by atoms with van der Waals surface area (Å²) in [5.41, 5.74) is 4.15. The third-order valence-electron chi connectivity index (χ3n) is 4.77. The largest absolute Gasteiger partial charge is 0.338 e. The van der Waals surface area contributed by atoms with Gasteiger partial charge in [-0.1, -0.05) is 13.8 Å². The quantitative estimate of drug-likeness (QED) is 0.493. The fraction of sp³-hybridized carbons (Fsp3) is 0.217. The molecule has 0 radical (unpaired) electrons. The summed E-state index contributed by atoms with van der Waals surface area (Å²) in [6.07, 6.45) is 3.30. The maximum Gasteiger partial charge on any atom is 0.320 e. The number of fused-ring (bicyclic) bond motifs is 1. The van der Waals surface area contributed by atoms with Crippen LogP contribution in [0.2, 0.25) is 0 Å². The highest BCUT2D eigenvalue weighted by Gasteiger charge is 2.18. The molecule has 1 aromatic carbocycles. The number of hydrogen-bond donors (Lipinski definition) is 2. The van der Waals surface area contributed by atoms with E-state index in [9.17, 15) is 9.18 Å². The fourth-order valence-corrected chi connectivity index (χ4v) is 3.24. The lowest BCUT2D eigenvalue weighted by molar-refractivity contribution is 0.251. The Bertz CT molecular complexity index is 1250. The molecule has 2 N–H and O–H groups in total. The summed E-state index contributed by atoms with van der Waals surface area (Å²) in [5, 5.41) is 10.0. The molecule has 8 heteroatoms. The minimum absolute atomic E-state index is 0.269. The van der Waals surface area contributed by atoms with Crippen LogP contribution in [0.4, 0.5) is 15.0 Å². The molecule has 0 spiro atoms. The monoisotopic (exact) mass is 418 g/mol. The molecule has 7 nitrogen and oxygen atoms in total. The van der Waals surface area contributed by atoms with Gasteiger partial charge in [0.1, 0.15) is 17.3 Å². The zero-order valence-corrected chi connectivity index (χ0v) is 17.6. The smallest absolute Gasteiger partial charge is 0.320 e. The Morgan fingerprint density at radius 2 is 1.97 bits per heavy atom. The number of aryl methyl sites for hydroxylation is 1. The molecule has 4 rings (SSSR count). The van der Waals surface area contributed by atoms with Crippen molar-refractivity contribution in [2.45, 2.75) is 20.8 Å². The Morgan fingerprint density at radius 3 is 2.74 bits per heavy atom. The van der Waals surface area contributed by atoms with Gasteiger partial charge >= 0.3 is 6.03 Å². The highest BCUT2D eigenvalue weighted by atomic mass is 19.1. The summed E-state index contributed by atoms with van der Waals surface area (Å²) >= 11 is 0. The standard InChI is InChI=1S/C23H23FN6O/c1-14(2)13-26-23(31)28-19-12-17(8-10-25-19)22-21(16-6-7-18(24)15(3)11-16)29-20-5-4-9-27-30(20)22/h4-12,14H,13H2,1-3H3,(H2,25,26,28,31). The van der Waals surface area contributed by atoms with Crippen molar-refractivity contribution in [1.29, 1.82) is 0 Å². The van der Waals surface area contributed by atoms with Gasteiger partial charge in [0.25, 0.3) is 0 Å². The molecule has 0 atom stereocenters. The summed E-state index contributed by atoms with van der Waals surface area (Å²) in [6.45, 7) is 6.33. The van der Waals surface area contributed by atoms with Gasteiger partial charge in [-0.3, -0.25) is 5.32 Å². The lowest BCUT2D eigenvalue weighted by atomic mass is 10.0. The van der Waals surface area contributed by atoms with Crippen LogP contribution >= 0.6 is 0 Å². The number of urea groups is 1. The van der Waals surface area contributed by atoms with Gasteiger partial charge in [0, 0.05) is 30.1 Å². The number of aromatic nitrogens is 4. The van der Waals surface area contributed by atoms with Gasteiger partial charge in [0.15, 0.2) is 5.65 Å². The van der Waals surface area contributed by atoms with Crippen molar-refractivity contribution in [2.24, 2.45) is 5.92 Å². The van der Waals surface area contributed by atoms with E-state index in [4.69, 9.17) is 4.98 Å². The molecule has 3 aromatic heterocycles. The molecule has 0 bridgehead atoms. The lowest BCUT2D eigenvalue weighted by Crippen LogP contribution is -2.31. The lowest BCUT2D eigenvalue weighted by Gasteiger charge is -2.10. The number of rotatable bonds is 5. The van der Waals surface area contributed by atoms with Crippen LogP contribution in [0.5, 0.6) is 0 Å². The molecule has 0 saturated carbocycles.